The first kappa shape index (κ1) is 24.4. The molecule has 2 heterocycles. The van der Waals surface area contributed by atoms with E-state index in [0.29, 0.717) is 11.4 Å². The number of aromatic nitrogens is 2. The number of nitrogens with zero attached hydrogens (tertiary/aromatic N) is 2. The maximum atomic E-state index is 12.4. The first-order chi connectivity index (χ1) is 16.3. The van der Waals surface area contributed by atoms with Gasteiger partial charge in [-0.05, 0) is 36.8 Å². The van der Waals surface area contributed by atoms with E-state index in [2.05, 4.69) is 20.6 Å². The highest BCUT2D eigenvalue weighted by atomic mass is 32.2. The van der Waals surface area contributed by atoms with Crippen molar-refractivity contribution < 1.29 is 38.6 Å². The van der Waals surface area contributed by atoms with Crippen LogP contribution in [0.25, 0.3) is 22.1 Å². The summed E-state index contributed by atoms with van der Waals surface area (Å²) in [6.07, 6.45) is 0. The molecule has 0 spiro atoms. The minimum absolute atomic E-state index is 0.259. The van der Waals surface area contributed by atoms with E-state index in [1.54, 1.807) is 42.5 Å². The number of fused-ring (bicyclic) bond motifs is 4. The number of anilines is 4. The van der Waals surface area contributed by atoms with E-state index in [0.717, 1.165) is 5.56 Å². The summed E-state index contributed by atoms with van der Waals surface area (Å²) in [6, 6.07) is 11.6. The lowest BCUT2D eigenvalue weighted by Crippen LogP contribution is -2.17. The maximum Gasteiger partial charge on any atom is 0.425 e. The predicted molar refractivity (Wildman–Crippen MR) is 124 cm³/mol. The van der Waals surface area contributed by atoms with Gasteiger partial charge in [0.2, 0.25) is 0 Å². The first-order valence-corrected chi connectivity index (χ1v) is 13.3. The summed E-state index contributed by atoms with van der Waals surface area (Å²) in [5.74, 6) is 0. The number of hydrogen-bond acceptors (Lipinski definition) is 11. The van der Waals surface area contributed by atoms with Crippen LogP contribution in [0, 0.1) is 6.92 Å². The van der Waals surface area contributed by atoms with Crippen LogP contribution in [0.15, 0.2) is 52.3 Å². The Hall–Kier alpha value is -3.70. The topological polar surface area (TPSA) is 210 Å². The molecule has 0 fully saturated rings. The third-order valence-electron chi connectivity index (χ3n) is 4.92. The summed E-state index contributed by atoms with van der Waals surface area (Å²) < 4.78 is 95.0. The highest BCUT2D eigenvalue weighted by Crippen LogP contribution is 2.48. The number of benzene rings is 3. The molecule has 0 bridgehead atoms. The van der Waals surface area contributed by atoms with E-state index in [4.69, 9.17) is 12.6 Å². The van der Waals surface area contributed by atoms with Gasteiger partial charge in [-0.3, -0.25) is 9.11 Å². The second-order valence-electron chi connectivity index (χ2n) is 7.27. The largest absolute Gasteiger partial charge is 0.425 e. The third kappa shape index (κ3) is 4.64. The Kier molecular flexibility index (Phi) is 5.94. The Morgan fingerprint density at radius 3 is 1.60 bits per heavy atom. The van der Waals surface area contributed by atoms with E-state index in [1.165, 1.54) is 0 Å². The molecule has 0 atom stereocenters. The van der Waals surface area contributed by atoms with Crippen molar-refractivity contribution in [3.05, 3.63) is 48.0 Å². The molecule has 0 amide bonds. The van der Waals surface area contributed by atoms with Gasteiger partial charge < -0.3 is 10.6 Å². The van der Waals surface area contributed by atoms with Gasteiger partial charge in [0.25, 0.3) is 20.2 Å². The van der Waals surface area contributed by atoms with Crippen molar-refractivity contribution in [2.24, 2.45) is 0 Å². The molecule has 0 aliphatic carbocycles. The van der Waals surface area contributed by atoms with Crippen LogP contribution in [0.1, 0.15) is 5.56 Å². The standard InChI is InChI=1S/C19H14N4O6S2.O3S/c1-9-6-7-12-13(8-9)23-17-16(22-12)18(30(24,25)26)14-15(19(17)31(27,28)29)21-11-5-3-2-4-10(11)20-14;1-4(2)3/h2-8,22-23H,1H3,(H,24,25,26)(H,27,28,29);. The van der Waals surface area contributed by atoms with Crippen molar-refractivity contribution in [3.63, 3.8) is 0 Å². The summed E-state index contributed by atoms with van der Waals surface area (Å²) in [6.45, 7) is 1.82. The van der Waals surface area contributed by atoms with Gasteiger partial charge in [-0.25, -0.2) is 9.97 Å². The van der Waals surface area contributed by atoms with Gasteiger partial charge in [-0.1, -0.05) is 18.2 Å². The fourth-order valence-corrected chi connectivity index (χ4v) is 5.26. The van der Waals surface area contributed by atoms with Crippen LogP contribution in [0.3, 0.4) is 0 Å². The van der Waals surface area contributed by atoms with Crippen LogP contribution < -0.4 is 10.6 Å². The van der Waals surface area contributed by atoms with E-state index in [1.807, 2.05) is 6.92 Å². The van der Waals surface area contributed by atoms with Crippen molar-refractivity contribution in [2.45, 2.75) is 16.7 Å². The molecule has 1 aliphatic heterocycles. The third-order valence-corrected chi connectivity index (χ3v) is 6.74. The van der Waals surface area contributed by atoms with E-state index in [9.17, 15) is 25.9 Å². The molecule has 4 aromatic rings. The molecule has 1 aromatic heterocycles. The van der Waals surface area contributed by atoms with Gasteiger partial charge in [-0.15, -0.1) is 12.6 Å². The van der Waals surface area contributed by atoms with Crippen molar-refractivity contribution in [3.8, 4) is 0 Å². The van der Waals surface area contributed by atoms with Crippen LogP contribution in [-0.2, 0) is 30.8 Å². The monoisotopic (exact) mass is 538 g/mol. The summed E-state index contributed by atoms with van der Waals surface area (Å²) in [5, 5.41) is 5.71. The number of hydrogen-bond donors (Lipinski definition) is 4. The minimum atomic E-state index is -4.90. The predicted octanol–water partition coefficient (Wildman–Crippen LogP) is 2.38. The van der Waals surface area contributed by atoms with Crippen LogP contribution >= 0.6 is 0 Å². The fraction of sp³-hybridized carbons (Fsp3) is 0.0526. The first-order valence-electron chi connectivity index (χ1n) is 9.40. The normalized spacial score (nSPS) is 12.5. The molecule has 182 valence electrons. The molecule has 1 aliphatic rings. The molecule has 0 saturated heterocycles. The van der Waals surface area contributed by atoms with Gasteiger partial charge in [-0.2, -0.15) is 16.8 Å². The average Bonchev–Trinajstić information content (AvgIpc) is 2.72. The fourth-order valence-electron chi connectivity index (χ4n) is 3.66. The lowest BCUT2D eigenvalue weighted by atomic mass is 10.1. The summed E-state index contributed by atoms with van der Waals surface area (Å²) in [4.78, 5) is 7.21. The Morgan fingerprint density at radius 1 is 0.743 bits per heavy atom. The molecule has 0 radical (unpaired) electrons. The Balaban J connectivity index is 0.000000672. The van der Waals surface area contributed by atoms with E-state index >= 15 is 0 Å². The molecule has 16 heteroatoms. The van der Waals surface area contributed by atoms with Gasteiger partial charge >= 0.3 is 10.6 Å². The number of aryl methyl sites for hydroxylation is 1. The quantitative estimate of drug-likeness (QED) is 0.188. The molecule has 5 rings (SSSR count). The lowest BCUT2D eigenvalue weighted by molar-refractivity contribution is 0.480. The zero-order valence-corrected chi connectivity index (χ0v) is 19.9. The Bertz CT molecular complexity index is 1870. The number of para-hydroxylation sites is 2. The summed E-state index contributed by atoms with van der Waals surface area (Å²) in [5.41, 5.74) is 1.00. The average molecular weight is 539 g/mol. The number of rotatable bonds is 2. The molecular weight excluding hydrogens is 524 g/mol. The molecule has 35 heavy (non-hydrogen) atoms. The van der Waals surface area contributed by atoms with Gasteiger partial charge in [0, 0.05) is 0 Å². The maximum absolute atomic E-state index is 12.4. The highest BCUT2D eigenvalue weighted by Gasteiger charge is 2.35. The second kappa shape index (κ2) is 8.51. The Labute approximate surface area is 199 Å². The molecular formula is C19H14N4O9S3. The molecule has 4 N–H and O–H groups in total. The highest BCUT2D eigenvalue weighted by molar-refractivity contribution is 7.86. The molecule has 13 nitrogen and oxygen atoms in total. The van der Waals surface area contributed by atoms with Crippen LogP contribution in [-0.4, -0.2) is 48.5 Å². The molecule has 0 saturated carbocycles. The van der Waals surface area contributed by atoms with Crippen molar-refractivity contribution in [1.29, 1.82) is 0 Å². The zero-order valence-electron chi connectivity index (χ0n) is 17.4. The minimum Gasteiger partial charge on any atom is -0.351 e. The SMILES string of the molecule is Cc1ccc2c(c1)Nc1c(c(S(=O)(=O)O)c3nc4ccccc4nc3c1S(=O)(=O)O)N2.O=S(=O)=O. The number of nitrogens with one attached hydrogen (secondary N) is 2. The zero-order chi connectivity index (χ0) is 25.7. The Morgan fingerprint density at radius 2 is 1.17 bits per heavy atom. The van der Waals surface area contributed by atoms with Gasteiger partial charge in [0.15, 0.2) is 0 Å². The van der Waals surface area contributed by atoms with Crippen molar-refractivity contribution in [1.82, 2.24) is 9.97 Å². The van der Waals surface area contributed by atoms with Gasteiger partial charge in [0.05, 0.1) is 33.8 Å². The van der Waals surface area contributed by atoms with Crippen LogP contribution in [0.2, 0.25) is 0 Å². The smallest absolute Gasteiger partial charge is 0.351 e. The molecule has 0 unspecified atom stereocenters. The summed E-state index contributed by atoms with van der Waals surface area (Å²) >= 11 is 0. The van der Waals surface area contributed by atoms with E-state index in [-0.39, 0.29) is 22.4 Å². The lowest BCUT2D eigenvalue weighted by Gasteiger charge is -2.27. The van der Waals surface area contributed by atoms with Crippen LogP contribution in [0.4, 0.5) is 22.7 Å². The second-order valence-corrected chi connectivity index (χ2v) is 10.4. The van der Waals surface area contributed by atoms with Crippen molar-refractivity contribution >= 4 is 75.7 Å². The molecule has 3 aromatic carbocycles. The van der Waals surface area contributed by atoms with Crippen molar-refractivity contribution in [2.75, 3.05) is 10.6 Å². The summed E-state index contributed by atoms with van der Waals surface area (Å²) in [7, 11) is -12.9. The van der Waals surface area contributed by atoms with Gasteiger partial charge in [0.1, 0.15) is 20.8 Å². The van der Waals surface area contributed by atoms with E-state index < -0.39 is 51.7 Å². The van der Waals surface area contributed by atoms with Crippen LogP contribution in [0.5, 0.6) is 0 Å².